The molecule has 0 saturated carbocycles. The Hall–Kier alpha value is -5.54. The fourth-order valence-corrected chi connectivity index (χ4v) is 5.90. The van der Waals surface area contributed by atoms with Crippen LogP contribution in [-0.4, -0.2) is 14.5 Å². The molecule has 0 atom stereocenters. The van der Waals surface area contributed by atoms with Crippen molar-refractivity contribution in [1.82, 2.24) is 14.5 Å². The molecule has 0 aliphatic carbocycles. The van der Waals surface area contributed by atoms with E-state index in [0.29, 0.717) is 5.95 Å². The van der Waals surface area contributed by atoms with E-state index < -0.39 is 0 Å². The Labute approximate surface area is 238 Å². The molecule has 3 nitrogen and oxygen atoms in total. The third kappa shape index (κ3) is 3.98. The molecular weight excluding hydrogens is 498 g/mol. The lowest BCUT2D eigenvalue weighted by molar-refractivity contribution is 0.994. The Morgan fingerprint density at radius 3 is 1.93 bits per heavy atom. The van der Waals surface area contributed by atoms with Crippen molar-refractivity contribution in [1.29, 1.82) is 0 Å². The predicted octanol–water partition coefficient (Wildman–Crippen LogP) is 9.73. The molecule has 0 amide bonds. The first kappa shape index (κ1) is 23.4. The topological polar surface area (TPSA) is 30.7 Å². The van der Waals surface area contributed by atoms with Gasteiger partial charge in [-0.1, -0.05) is 127 Å². The summed E-state index contributed by atoms with van der Waals surface area (Å²) in [6.45, 7) is 0. The molecule has 8 rings (SSSR count). The molecule has 6 aromatic carbocycles. The van der Waals surface area contributed by atoms with Crippen molar-refractivity contribution in [3.8, 4) is 39.5 Å². The van der Waals surface area contributed by atoms with Crippen LogP contribution in [0.3, 0.4) is 0 Å². The van der Waals surface area contributed by atoms with E-state index in [1.54, 1.807) is 0 Å². The minimum Gasteiger partial charge on any atom is -0.277 e. The first-order valence-electron chi connectivity index (χ1n) is 13.8. The molecule has 0 N–H and O–H groups in total. The van der Waals surface area contributed by atoms with Crippen LogP contribution in [0.1, 0.15) is 0 Å². The van der Waals surface area contributed by atoms with Crippen molar-refractivity contribution in [2.75, 3.05) is 0 Å². The van der Waals surface area contributed by atoms with Crippen LogP contribution >= 0.6 is 0 Å². The van der Waals surface area contributed by atoms with Gasteiger partial charge < -0.3 is 0 Å². The lowest BCUT2D eigenvalue weighted by Gasteiger charge is -2.10. The molecule has 0 aliphatic rings. The van der Waals surface area contributed by atoms with Crippen molar-refractivity contribution in [2.45, 2.75) is 0 Å². The molecule has 8 aromatic rings. The van der Waals surface area contributed by atoms with Crippen LogP contribution in [-0.2, 0) is 0 Å². The molecule has 0 bridgehead atoms. The van der Waals surface area contributed by atoms with Gasteiger partial charge in [0.2, 0.25) is 5.95 Å². The maximum Gasteiger partial charge on any atom is 0.235 e. The Morgan fingerprint density at radius 1 is 0.439 bits per heavy atom. The number of aromatic nitrogens is 3. The Balaban J connectivity index is 1.22. The minimum atomic E-state index is 0.671. The Kier molecular flexibility index (Phi) is 5.46. The second-order valence-corrected chi connectivity index (χ2v) is 10.3. The number of hydrogen-bond acceptors (Lipinski definition) is 2. The highest BCUT2D eigenvalue weighted by atomic mass is 15.2. The molecule has 3 heteroatoms. The normalized spacial score (nSPS) is 11.4. The summed E-state index contributed by atoms with van der Waals surface area (Å²) in [5, 5.41) is 4.80. The van der Waals surface area contributed by atoms with Gasteiger partial charge >= 0.3 is 0 Å². The van der Waals surface area contributed by atoms with Crippen LogP contribution in [0.25, 0.3) is 72.0 Å². The van der Waals surface area contributed by atoms with E-state index in [9.17, 15) is 0 Å². The standard InChI is InChI=1S/C38H25N3/c1-2-9-26(10-3-1)30-12-8-13-31(25-30)27-17-19-29(20-18-27)35-23-24-39-38(40-35)41-36-16-7-6-15-33(36)34-22-21-28-11-4-5-14-32(28)37(34)41/h1-25H. The molecule has 2 heterocycles. The maximum absolute atomic E-state index is 5.10. The summed E-state index contributed by atoms with van der Waals surface area (Å²) in [7, 11) is 0. The zero-order valence-electron chi connectivity index (χ0n) is 22.3. The number of hydrogen-bond donors (Lipinski definition) is 0. The van der Waals surface area contributed by atoms with Crippen LogP contribution in [0, 0.1) is 0 Å². The van der Waals surface area contributed by atoms with Gasteiger partial charge in [-0.2, -0.15) is 0 Å². The molecule has 192 valence electrons. The van der Waals surface area contributed by atoms with Crippen LogP contribution in [0.2, 0.25) is 0 Å². The first-order chi connectivity index (χ1) is 20.3. The number of rotatable bonds is 4. The van der Waals surface area contributed by atoms with Crippen molar-refractivity contribution in [3.05, 3.63) is 152 Å². The summed E-state index contributed by atoms with van der Waals surface area (Å²) >= 11 is 0. The summed E-state index contributed by atoms with van der Waals surface area (Å²) < 4.78 is 2.21. The predicted molar refractivity (Wildman–Crippen MR) is 170 cm³/mol. The van der Waals surface area contributed by atoms with Gasteiger partial charge in [0.15, 0.2) is 0 Å². The lowest BCUT2D eigenvalue weighted by atomic mass is 9.98. The monoisotopic (exact) mass is 523 g/mol. The number of nitrogens with zero attached hydrogens (tertiary/aromatic N) is 3. The third-order valence-corrected chi connectivity index (χ3v) is 7.89. The maximum atomic E-state index is 5.10. The highest BCUT2D eigenvalue weighted by Gasteiger charge is 2.16. The second kappa shape index (κ2) is 9.58. The van der Waals surface area contributed by atoms with Gasteiger partial charge in [-0.25, -0.2) is 9.97 Å². The van der Waals surface area contributed by atoms with E-state index in [1.165, 1.54) is 43.8 Å². The summed E-state index contributed by atoms with van der Waals surface area (Å²) in [5.41, 5.74) is 8.99. The lowest BCUT2D eigenvalue weighted by Crippen LogP contribution is -2.02. The fourth-order valence-electron chi connectivity index (χ4n) is 5.90. The summed E-state index contributed by atoms with van der Waals surface area (Å²) in [6, 6.07) is 51.3. The average Bonchev–Trinajstić information content (AvgIpc) is 3.40. The molecule has 0 fully saturated rings. The minimum absolute atomic E-state index is 0.671. The first-order valence-corrected chi connectivity index (χ1v) is 13.8. The summed E-state index contributed by atoms with van der Waals surface area (Å²) in [5.74, 6) is 0.671. The highest BCUT2D eigenvalue weighted by molar-refractivity contribution is 6.18. The van der Waals surface area contributed by atoms with Gasteiger partial charge in [-0.3, -0.25) is 4.57 Å². The molecule has 2 aromatic heterocycles. The molecule has 0 radical (unpaired) electrons. The van der Waals surface area contributed by atoms with Crippen molar-refractivity contribution in [3.63, 3.8) is 0 Å². The van der Waals surface area contributed by atoms with Crippen LogP contribution in [0.15, 0.2) is 152 Å². The van der Waals surface area contributed by atoms with Gasteiger partial charge in [0.1, 0.15) is 0 Å². The van der Waals surface area contributed by atoms with Crippen molar-refractivity contribution >= 4 is 32.6 Å². The largest absolute Gasteiger partial charge is 0.277 e. The SMILES string of the molecule is c1ccc(-c2cccc(-c3ccc(-c4ccnc(-n5c6ccccc6c6ccc7ccccc7c65)n4)cc3)c2)cc1. The molecule has 0 unspecified atom stereocenters. The Morgan fingerprint density at radius 2 is 1.10 bits per heavy atom. The van der Waals surface area contributed by atoms with Gasteiger partial charge in [0.25, 0.3) is 0 Å². The fraction of sp³-hybridized carbons (Fsp3) is 0. The quantitative estimate of drug-likeness (QED) is 0.230. The van der Waals surface area contributed by atoms with E-state index in [-0.39, 0.29) is 0 Å². The van der Waals surface area contributed by atoms with E-state index in [1.807, 2.05) is 18.3 Å². The van der Waals surface area contributed by atoms with Crippen LogP contribution < -0.4 is 0 Å². The van der Waals surface area contributed by atoms with Gasteiger partial charge in [0, 0.05) is 27.9 Å². The van der Waals surface area contributed by atoms with Crippen molar-refractivity contribution in [2.24, 2.45) is 0 Å². The zero-order valence-corrected chi connectivity index (χ0v) is 22.3. The second-order valence-electron chi connectivity index (χ2n) is 10.3. The number of fused-ring (bicyclic) bond motifs is 5. The molecule has 0 saturated heterocycles. The van der Waals surface area contributed by atoms with Crippen LogP contribution in [0.5, 0.6) is 0 Å². The number of para-hydroxylation sites is 1. The molecular formula is C38H25N3. The Bertz CT molecular complexity index is 2190. The van der Waals surface area contributed by atoms with E-state index in [2.05, 4.69) is 138 Å². The molecule has 0 aliphatic heterocycles. The molecule has 41 heavy (non-hydrogen) atoms. The van der Waals surface area contributed by atoms with Crippen molar-refractivity contribution < 1.29 is 0 Å². The number of benzene rings is 6. The van der Waals surface area contributed by atoms with Gasteiger partial charge in [0.05, 0.1) is 16.7 Å². The van der Waals surface area contributed by atoms with E-state index in [0.717, 1.165) is 22.3 Å². The smallest absolute Gasteiger partial charge is 0.235 e. The third-order valence-electron chi connectivity index (χ3n) is 7.89. The van der Waals surface area contributed by atoms with E-state index >= 15 is 0 Å². The average molecular weight is 524 g/mol. The zero-order chi connectivity index (χ0) is 27.2. The van der Waals surface area contributed by atoms with Gasteiger partial charge in [-0.05, 0) is 45.8 Å². The van der Waals surface area contributed by atoms with E-state index in [4.69, 9.17) is 9.97 Å². The highest BCUT2D eigenvalue weighted by Crippen LogP contribution is 2.36. The van der Waals surface area contributed by atoms with Crippen LogP contribution in [0.4, 0.5) is 0 Å². The molecule has 0 spiro atoms. The van der Waals surface area contributed by atoms with Gasteiger partial charge in [-0.15, -0.1) is 0 Å². The summed E-state index contributed by atoms with van der Waals surface area (Å²) in [4.78, 5) is 9.87. The summed E-state index contributed by atoms with van der Waals surface area (Å²) in [6.07, 6.45) is 1.86.